The fourth-order valence-electron chi connectivity index (χ4n) is 2.06. The van der Waals surface area contributed by atoms with Gasteiger partial charge in [0, 0.05) is 0 Å². The summed E-state index contributed by atoms with van der Waals surface area (Å²) in [6, 6.07) is 15.8. The molecule has 128 valence electrons. The summed E-state index contributed by atoms with van der Waals surface area (Å²) in [5.41, 5.74) is 1.71. The number of benzene rings is 2. The molecule has 0 radical (unpaired) electrons. The molecule has 0 fully saturated rings. The zero-order valence-corrected chi connectivity index (χ0v) is 14.0. The van der Waals surface area contributed by atoms with Gasteiger partial charge in [0.2, 0.25) is 0 Å². The molecule has 6 nitrogen and oxygen atoms in total. The molecule has 25 heavy (non-hydrogen) atoms. The van der Waals surface area contributed by atoms with Gasteiger partial charge in [0.1, 0.15) is 11.8 Å². The van der Waals surface area contributed by atoms with Crippen LogP contribution in [-0.4, -0.2) is 24.6 Å². The average Bonchev–Trinajstić information content (AvgIpc) is 2.60. The molecule has 0 unspecified atom stereocenters. The first-order valence-corrected chi connectivity index (χ1v) is 7.68. The number of aryl methyl sites for hydroxylation is 1. The molecule has 6 heteroatoms. The molecular weight excluding hydrogens is 320 g/mol. The zero-order valence-electron chi connectivity index (χ0n) is 14.0. The predicted molar refractivity (Wildman–Crippen MR) is 92.0 cm³/mol. The minimum absolute atomic E-state index is 0.296. The summed E-state index contributed by atoms with van der Waals surface area (Å²) >= 11 is 0. The van der Waals surface area contributed by atoms with Crippen LogP contribution in [0.2, 0.25) is 0 Å². The van der Waals surface area contributed by atoms with Crippen molar-refractivity contribution in [2.45, 2.75) is 20.0 Å². The van der Waals surface area contributed by atoms with E-state index < -0.39 is 18.0 Å². The maximum absolute atomic E-state index is 12.1. The molecule has 2 aromatic carbocycles. The normalized spacial score (nSPS) is 11.1. The number of nitriles is 1. The largest absolute Gasteiger partial charge is 0.482 e. The number of rotatable bonds is 6. The van der Waals surface area contributed by atoms with Crippen LogP contribution >= 0.6 is 0 Å². The number of nitrogens with zero attached hydrogens (tertiary/aromatic N) is 1. The average molecular weight is 338 g/mol. The Kier molecular flexibility index (Phi) is 6.13. The van der Waals surface area contributed by atoms with E-state index in [0.29, 0.717) is 17.0 Å². The van der Waals surface area contributed by atoms with Crippen LogP contribution in [0.4, 0.5) is 5.69 Å². The smallest absolute Gasteiger partial charge is 0.344 e. The van der Waals surface area contributed by atoms with Crippen molar-refractivity contribution >= 4 is 17.6 Å². The van der Waals surface area contributed by atoms with Crippen molar-refractivity contribution in [3.05, 3.63) is 59.7 Å². The Morgan fingerprint density at radius 2 is 1.96 bits per heavy atom. The van der Waals surface area contributed by atoms with Gasteiger partial charge < -0.3 is 14.8 Å². The summed E-state index contributed by atoms with van der Waals surface area (Å²) < 4.78 is 10.4. The van der Waals surface area contributed by atoms with Crippen LogP contribution in [0.3, 0.4) is 0 Å². The highest BCUT2D eigenvalue weighted by Crippen LogP contribution is 2.15. The first kappa shape index (κ1) is 18.0. The third-order valence-electron chi connectivity index (χ3n) is 3.33. The maximum atomic E-state index is 12.1. The summed E-state index contributed by atoms with van der Waals surface area (Å²) in [7, 11) is 0. The third kappa shape index (κ3) is 5.36. The Bertz CT molecular complexity index is 811. The quantitative estimate of drug-likeness (QED) is 0.818. The topological polar surface area (TPSA) is 88.4 Å². The SMILES string of the molecule is Cc1cccc(OCC(=O)O[C@H](C)C(=O)Nc2ccccc2C#N)c1. The molecular formula is C19H18N2O4. The molecule has 1 N–H and O–H groups in total. The molecule has 0 saturated carbocycles. The number of nitrogens with one attached hydrogen (secondary N) is 1. The number of amides is 1. The summed E-state index contributed by atoms with van der Waals surface area (Å²) in [6.45, 7) is 3.07. The lowest BCUT2D eigenvalue weighted by Gasteiger charge is -2.14. The van der Waals surface area contributed by atoms with Gasteiger partial charge in [0.25, 0.3) is 5.91 Å². The van der Waals surface area contributed by atoms with Crippen LogP contribution in [0.5, 0.6) is 5.75 Å². The molecule has 0 aliphatic heterocycles. The second-order valence-corrected chi connectivity index (χ2v) is 5.38. The Labute approximate surface area is 146 Å². The lowest BCUT2D eigenvalue weighted by molar-refractivity contribution is -0.155. The molecule has 0 aliphatic carbocycles. The number of carbonyl (C=O) groups excluding carboxylic acids is 2. The Morgan fingerprint density at radius 3 is 2.68 bits per heavy atom. The molecule has 0 aliphatic rings. The van der Waals surface area contributed by atoms with E-state index in [2.05, 4.69) is 5.32 Å². The predicted octanol–water partition coefficient (Wildman–Crippen LogP) is 2.82. The maximum Gasteiger partial charge on any atom is 0.344 e. The number of esters is 1. The molecule has 1 amide bonds. The van der Waals surface area contributed by atoms with Crippen molar-refractivity contribution < 1.29 is 19.1 Å². The van der Waals surface area contributed by atoms with Gasteiger partial charge in [0.05, 0.1) is 11.3 Å². The van der Waals surface area contributed by atoms with Crippen molar-refractivity contribution in [2.24, 2.45) is 0 Å². The van der Waals surface area contributed by atoms with Crippen LogP contribution in [-0.2, 0) is 14.3 Å². The molecule has 2 rings (SSSR count). The van der Waals surface area contributed by atoms with E-state index in [1.807, 2.05) is 25.1 Å². The van der Waals surface area contributed by atoms with Crippen molar-refractivity contribution in [1.29, 1.82) is 5.26 Å². The van der Waals surface area contributed by atoms with Gasteiger partial charge in [-0.25, -0.2) is 4.79 Å². The molecule has 0 aromatic heterocycles. The van der Waals surface area contributed by atoms with Gasteiger partial charge in [-0.15, -0.1) is 0 Å². The Morgan fingerprint density at radius 1 is 1.20 bits per heavy atom. The highest BCUT2D eigenvalue weighted by Gasteiger charge is 2.19. The first-order chi connectivity index (χ1) is 12.0. The van der Waals surface area contributed by atoms with Gasteiger partial charge in [0.15, 0.2) is 12.7 Å². The molecule has 1 atom stereocenters. The van der Waals surface area contributed by atoms with E-state index in [1.54, 1.807) is 36.4 Å². The Hall–Kier alpha value is -3.33. The molecule has 0 bridgehead atoms. The van der Waals surface area contributed by atoms with Gasteiger partial charge in [-0.1, -0.05) is 24.3 Å². The zero-order chi connectivity index (χ0) is 18.2. The minimum Gasteiger partial charge on any atom is -0.482 e. The molecule has 0 heterocycles. The van der Waals surface area contributed by atoms with Crippen LogP contribution in [0.25, 0.3) is 0 Å². The van der Waals surface area contributed by atoms with E-state index >= 15 is 0 Å². The van der Waals surface area contributed by atoms with Crippen molar-refractivity contribution in [2.75, 3.05) is 11.9 Å². The van der Waals surface area contributed by atoms with E-state index in [0.717, 1.165) is 5.56 Å². The van der Waals surface area contributed by atoms with Gasteiger partial charge >= 0.3 is 5.97 Å². The second kappa shape index (κ2) is 8.50. The van der Waals surface area contributed by atoms with E-state index in [9.17, 15) is 9.59 Å². The number of ether oxygens (including phenoxy) is 2. The first-order valence-electron chi connectivity index (χ1n) is 7.68. The molecule has 2 aromatic rings. The number of carbonyl (C=O) groups is 2. The Balaban J connectivity index is 1.86. The molecule has 0 spiro atoms. The highest BCUT2D eigenvalue weighted by molar-refractivity contribution is 5.96. The van der Waals surface area contributed by atoms with E-state index in [1.165, 1.54) is 6.92 Å². The lowest BCUT2D eigenvalue weighted by Crippen LogP contribution is -2.31. The lowest BCUT2D eigenvalue weighted by atomic mass is 10.2. The third-order valence-corrected chi connectivity index (χ3v) is 3.33. The second-order valence-electron chi connectivity index (χ2n) is 5.38. The minimum atomic E-state index is -1.01. The highest BCUT2D eigenvalue weighted by atomic mass is 16.6. The monoisotopic (exact) mass is 338 g/mol. The summed E-state index contributed by atoms with van der Waals surface area (Å²) in [6.07, 6.45) is -1.01. The van der Waals surface area contributed by atoms with E-state index in [-0.39, 0.29) is 6.61 Å². The van der Waals surface area contributed by atoms with Gasteiger partial charge in [-0.2, -0.15) is 5.26 Å². The van der Waals surface area contributed by atoms with Crippen LogP contribution in [0.15, 0.2) is 48.5 Å². The fraction of sp³-hybridized carbons (Fsp3) is 0.211. The standard InChI is InChI=1S/C19H18N2O4/c1-13-6-5-8-16(10-13)24-12-18(22)25-14(2)19(23)21-17-9-4-3-7-15(17)11-20/h3-10,14H,12H2,1-2H3,(H,21,23)/t14-/m1/s1. The number of hydrogen-bond acceptors (Lipinski definition) is 5. The van der Waals surface area contributed by atoms with Crippen LogP contribution < -0.4 is 10.1 Å². The molecule has 0 saturated heterocycles. The fourth-order valence-corrected chi connectivity index (χ4v) is 2.06. The van der Waals surface area contributed by atoms with Crippen molar-refractivity contribution in [3.63, 3.8) is 0 Å². The summed E-state index contributed by atoms with van der Waals surface area (Å²) in [5.74, 6) is -0.624. The van der Waals surface area contributed by atoms with Crippen LogP contribution in [0.1, 0.15) is 18.1 Å². The summed E-state index contributed by atoms with van der Waals surface area (Å²) in [4.78, 5) is 23.9. The number of hydrogen-bond donors (Lipinski definition) is 1. The van der Waals surface area contributed by atoms with Gasteiger partial charge in [-0.3, -0.25) is 4.79 Å². The summed E-state index contributed by atoms with van der Waals surface area (Å²) in [5, 5.41) is 11.6. The van der Waals surface area contributed by atoms with Crippen molar-refractivity contribution in [3.8, 4) is 11.8 Å². The van der Waals surface area contributed by atoms with E-state index in [4.69, 9.17) is 14.7 Å². The van der Waals surface area contributed by atoms with Crippen molar-refractivity contribution in [1.82, 2.24) is 0 Å². The number of anilines is 1. The van der Waals surface area contributed by atoms with Gasteiger partial charge in [-0.05, 0) is 43.7 Å². The number of para-hydroxylation sites is 1. The van der Waals surface area contributed by atoms with Crippen LogP contribution in [0, 0.1) is 18.3 Å².